The highest BCUT2D eigenvalue weighted by molar-refractivity contribution is 9.10. The molecule has 0 aliphatic carbocycles. The molecule has 0 aliphatic heterocycles. The van der Waals surface area contributed by atoms with Gasteiger partial charge in [0, 0.05) is 35.6 Å². The molecule has 0 saturated heterocycles. The molecule has 0 aliphatic rings. The molecule has 0 amide bonds. The molecular weight excluding hydrogens is 336 g/mol. The Balaban J connectivity index is 2.22. The molecule has 1 heterocycles. The minimum absolute atomic E-state index is 0.109. The number of nitrogens with zero attached hydrogens (tertiary/aromatic N) is 1. The van der Waals surface area contributed by atoms with Crippen molar-refractivity contribution >= 4 is 21.6 Å². The Hall–Kier alpha value is -1.79. The van der Waals surface area contributed by atoms with Gasteiger partial charge in [-0.1, -0.05) is 0 Å². The molecule has 0 unspecified atom stereocenters. The van der Waals surface area contributed by atoms with E-state index in [4.69, 9.17) is 4.74 Å². The minimum atomic E-state index is -0.165. The second-order valence-electron chi connectivity index (χ2n) is 4.56. The number of anilines is 1. The zero-order valence-corrected chi connectivity index (χ0v) is 13.4. The number of nitrogens with one attached hydrogen (secondary N) is 1. The van der Waals surface area contributed by atoms with Crippen LogP contribution in [0.5, 0.6) is 11.5 Å². The number of hydrogen-bond acceptors (Lipinski definition) is 5. The number of aromatic nitrogens is 1. The Bertz CT molecular complexity index is 647. The van der Waals surface area contributed by atoms with Crippen LogP contribution in [0.2, 0.25) is 0 Å². The summed E-state index contributed by atoms with van der Waals surface area (Å²) in [4.78, 5) is 4.04. The zero-order valence-electron chi connectivity index (χ0n) is 11.9. The van der Waals surface area contributed by atoms with Crippen LogP contribution in [0.25, 0.3) is 0 Å². The van der Waals surface area contributed by atoms with Gasteiger partial charge in [-0.3, -0.25) is 4.98 Å². The number of ether oxygens (including phenoxy) is 1. The molecule has 1 aromatic heterocycles. The summed E-state index contributed by atoms with van der Waals surface area (Å²) in [7, 11) is 1.60. The second kappa shape index (κ2) is 6.78. The van der Waals surface area contributed by atoms with Crippen LogP contribution in [0, 0.1) is 6.92 Å². The van der Waals surface area contributed by atoms with Gasteiger partial charge in [0.1, 0.15) is 11.5 Å². The monoisotopic (exact) mass is 352 g/mol. The molecule has 5 nitrogen and oxygen atoms in total. The summed E-state index contributed by atoms with van der Waals surface area (Å²) in [5, 5.41) is 22.6. The first kappa shape index (κ1) is 15.6. The topological polar surface area (TPSA) is 74.6 Å². The number of methoxy groups -OCH3 is 1. The molecule has 0 spiro atoms. The second-order valence-corrected chi connectivity index (χ2v) is 5.41. The van der Waals surface area contributed by atoms with Crippen LogP contribution in [-0.2, 0) is 13.2 Å². The zero-order chi connectivity index (χ0) is 15.4. The van der Waals surface area contributed by atoms with Crippen molar-refractivity contribution in [2.24, 2.45) is 0 Å². The molecule has 0 fully saturated rings. The first-order valence-corrected chi connectivity index (χ1v) is 7.20. The average Bonchev–Trinajstić information content (AvgIpc) is 2.50. The highest BCUT2D eigenvalue weighted by Crippen LogP contribution is 2.29. The van der Waals surface area contributed by atoms with Gasteiger partial charge in [0.15, 0.2) is 0 Å². The van der Waals surface area contributed by atoms with Crippen LogP contribution in [-0.4, -0.2) is 22.3 Å². The van der Waals surface area contributed by atoms with Gasteiger partial charge in [-0.05, 0) is 35.0 Å². The van der Waals surface area contributed by atoms with Gasteiger partial charge >= 0.3 is 0 Å². The van der Waals surface area contributed by atoms with Crippen LogP contribution >= 0.6 is 15.9 Å². The molecular formula is C15H17BrN2O3. The number of aliphatic hydroxyl groups is 1. The molecule has 0 bridgehead atoms. The molecule has 2 rings (SSSR count). The predicted molar refractivity (Wildman–Crippen MR) is 84.6 cm³/mol. The molecule has 6 heteroatoms. The molecule has 1 aromatic carbocycles. The van der Waals surface area contributed by atoms with E-state index in [1.807, 2.05) is 18.2 Å². The Kier molecular flexibility index (Phi) is 5.03. The van der Waals surface area contributed by atoms with Crippen molar-refractivity contribution in [3.8, 4) is 11.5 Å². The number of rotatable bonds is 5. The van der Waals surface area contributed by atoms with Crippen molar-refractivity contribution in [3.63, 3.8) is 0 Å². The number of pyridine rings is 1. The number of halogens is 1. The van der Waals surface area contributed by atoms with Crippen LogP contribution in [0.4, 0.5) is 5.69 Å². The van der Waals surface area contributed by atoms with E-state index in [2.05, 4.69) is 26.2 Å². The number of hydrogen-bond donors (Lipinski definition) is 3. The fraction of sp³-hybridized carbons (Fsp3) is 0.267. The fourth-order valence-electron chi connectivity index (χ4n) is 1.98. The van der Waals surface area contributed by atoms with Gasteiger partial charge in [-0.25, -0.2) is 0 Å². The first-order valence-electron chi connectivity index (χ1n) is 6.41. The summed E-state index contributed by atoms with van der Waals surface area (Å²) in [6.07, 6.45) is 1.58. The highest BCUT2D eigenvalue weighted by atomic mass is 79.9. The maximum atomic E-state index is 10.1. The van der Waals surface area contributed by atoms with E-state index in [9.17, 15) is 10.2 Å². The summed E-state index contributed by atoms with van der Waals surface area (Å²) in [5.41, 5.74) is 2.65. The minimum Gasteiger partial charge on any atom is -0.506 e. The summed E-state index contributed by atoms with van der Waals surface area (Å²) in [6.45, 7) is 1.94. The van der Waals surface area contributed by atoms with E-state index in [0.717, 1.165) is 15.9 Å². The van der Waals surface area contributed by atoms with E-state index in [1.165, 1.54) is 0 Å². The SMILES string of the molecule is COc1cc(NCc2c(CO)cnc(C)c2O)ccc1Br. The third kappa shape index (κ3) is 3.46. The van der Waals surface area contributed by atoms with Crippen LogP contribution in [0.15, 0.2) is 28.9 Å². The van der Waals surface area contributed by atoms with Crippen LogP contribution < -0.4 is 10.1 Å². The maximum Gasteiger partial charge on any atom is 0.142 e. The molecule has 2 aromatic rings. The fourth-order valence-corrected chi connectivity index (χ4v) is 2.39. The van der Waals surface area contributed by atoms with E-state index in [0.29, 0.717) is 23.4 Å². The summed E-state index contributed by atoms with van der Waals surface area (Å²) >= 11 is 3.40. The largest absolute Gasteiger partial charge is 0.506 e. The van der Waals surface area contributed by atoms with E-state index in [1.54, 1.807) is 20.2 Å². The molecule has 3 N–H and O–H groups in total. The maximum absolute atomic E-state index is 10.1. The molecule has 0 atom stereocenters. The Labute approximate surface area is 131 Å². The quantitative estimate of drug-likeness (QED) is 0.771. The first-order chi connectivity index (χ1) is 10.1. The molecule has 112 valence electrons. The lowest BCUT2D eigenvalue weighted by Crippen LogP contribution is -2.05. The lowest BCUT2D eigenvalue weighted by Gasteiger charge is -2.14. The summed E-state index contributed by atoms with van der Waals surface area (Å²) < 4.78 is 6.11. The van der Waals surface area contributed by atoms with Gasteiger partial charge in [0.2, 0.25) is 0 Å². The molecule has 0 radical (unpaired) electrons. The Morgan fingerprint density at radius 2 is 2.14 bits per heavy atom. The summed E-state index contributed by atoms with van der Waals surface area (Å²) in [5.74, 6) is 0.829. The van der Waals surface area contributed by atoms with Gasteiger partial charge in [-0.15, -0.1) is 0 Å². The number of aliphatic hydroxyl groups excluding tert-OH is 1. The van der Waals surface area contributed by atoms with Crippen molar-refractivity contribution in [1.29, 1.82) is 0 Å². The van der Waals surface area contributed by atoms with Crippen molar-refractivity contribution in [2.75, 3.05) is 12.4 Å². The van der Waals surface area contributed by atoms with E-state index in [-0.39, 0.29) is 12.4 Å². The average molecular weight is 353 g/mol. The lowest BCUT2D eigenvalue weighted by molar-refractivity contribution is 0.279. The van der Waals surface area contributed by atoms with Gasteiger partial charge in [0.25, 0.3) is 0 Å². The van der Waals surface area contributed by atoms with Crippen molar-refractivity contribution in [3.05, 3.63) is 45.7 Å². The number of aryl methyl sites for hydroxylation is 1. The van der Waals surface area contributed by atoms with Crippen molar-refractivity contribution in [1.82, 2.24) is 4.98 Å². The predicted octanol–water partition coefficient (Wildman–Crippen LogP) is 2.97. The van der Waals surface area contributed by atoms with Crippen molar-refractivity contribution in [2.45, 2.75) is 20.1 Å². The van der Waals surface area contributed by atoms with Crippen LogP contribution in [0.3, 0.4) is 0 Å². The number of benzene rings is 1. The smallest absolute Gasteiger partial charge is 0.142 e. The third-order valence-electron chi connectivity index (χ3n) is 3.22. The van der Waals surface area contributed by atoms with Gasteiger partial charge in [0.05, 0.1) is 23.9 Å². The Morgan fingerprint density at radius 1 is 1.38 bits per heavy atom. The van der Waals surface area contributed by atoms with Crippen LogP contribution in [0.1, 0.15) is 16.8 Å². The molecule has 0 saturated carbocycles. The van der Waals surface area contributed by atoms with Gasteiger partial charge in [-0.2, -0.15) is 0 Å². The normalized spacial score (nSPS) is 10.5. The summed E-state index contributed by atoms with van der Waals surface area (Å²) in [6, 6.07) is 5.63. The number of aromatic hydroxyl groups is 1. The highest BCUT2D eigenvalue weighted by Gasteiger charge is 2.11. The van der Waals surface area contributed by atoms with E-state index < -0.39 is 0 Å². The molecule has 21 heavy (non-hydrogen) atoms. The van der Waals surface area contributed by atoms with E-state index >= 15 is 0 Å². The Morgan fingerprint density at radius 3 is 2.81 bits per heavy atom. The lowest BCUT2D eigenvalue weighted by atomic mass is 10.1. The van der Waals surface area contributed by atoms with Gasteiger partial charge < -0.3 is 20.3 Å². The van der Waals surface area contributed by atoms with Crippen molar-refractivity contribution < 1.29 is 14.9 Å². The third-order valence-corrected chi connectivity index (χ3v) is 3.88. The standard InChI is InChI=1S/C15H17BrN2O3/c1-9-15(20)12(10(8-19)6-17-9)7-18-11-3-4-13(16)14(5-11)21-2/h3-6,18-20H,7-8H2,1-2H3.